The van der Waals surface area contributed by atoms with Gasteiger partial charge in [0.05, 0.1) is 21.2 Å². The summed E-state index contributed by atoms with van der Waals surface area (Å²) in [6.45, 7) is 0. The second-order valence-electron chi connectivity index (χ2n) is 4.65. The van der Waals surface area contributed by atoms with Crippen molar-refractivity contribution >= 4 is 51.4 Å². The van der Waals surface area contributed by atoms with Gasteiger partial charge in [-0.15, -0.1) is 23.5 Å². The van der Waals surface area contributed by atoms with Crippen molar-refractivity contribution in [3.8, 4) is 0 Å². The maximum absolute atomic E-state index is 12.7. The predicted molar refractivity (Wildman–Crippen MR) is 90.5 cm³/mol. The SMILES string of the molecule is CSc1cc(SC)c2oc3ccc(C(=O)O)cc3c(=O)c2c1.[Mn]. The zero-order chi connectivity index (χ0) is 15.9. The molecule has 1 N–H and O–H groups in total. The average molecular weight is 387 g/mol. The number of carboxylic acids is 1. The number of carbonyl (C=O) groups is 1. The Morgan fingerprint density at radius 1 is 1.09 bits per heavy atom. The Morgan fingerprint density at radius 3 is 2.43 bits per heavy atom. The molecule has 4 nitrogen and oxygen atoms in total. The van der Waals surface area contributed by atoms with Crippen molar-refractivity contribution in [1.29, 1.82) is 0 Å². The number of thioether (sulfide) groups is 2. The van der Waals surface area contributed by atoms with E-state index in [9.17, 15) is 9.59 Å². The number of benzene rings is 2. The zero-order valence-electron chi connectivity index (χ0n) is 12.3. The van der Waals surface area contributed by atoms with Crippen LogP contribution in [0.25, 0.3) is 21.9 Å². The van der Waals surface area contributed by atoms with Gasteiger partial charge in [0.2, 0.25) is 5.43 Å². The number of hydrogen-bond donors (Lipinski definition) is 1. The summed E-state index contributed by atoms with van der Waals surface area (Å²) in [6.07, 6.45) is 3.87. The fourth-order valence-electron chi connectivity index (χ4n) is 2.30. The summed E-state index contributed by atoms with van der Waals surface area (Å²) in [6, 6.07) is 8.12. The second-order valence-corrected chi connectivity index (χ2v) is 6.38. The number of rotatable bonds is 3. The van der Waals surface area contributed by atoms with Gasteiger partial charge in [-0.25, -0.2) is 4.79 Å². The average Bonchev–Trinajstić information content (AvgIpc) is 2.54. The van der Waals surface area contributed by atoms with E-state index >= 15 is 0 Å². The molecule has 0 atom stereocenters. The van der Waals surface area contributed by atoms with E-state index in [4.69, 9.17) is 9.52 Å². The Kier molecular flexibility index (Phi) is 5.47. The molecule has 0 saturated heterocycles. The first-order valence-corrected chi connectivity index (χ1v) is 8.86. The Bertz CT molecular complexity index is 966. The van der Waals surface area contributed by atoms with Crippen LogP contribution in [0.4, 0.5) is 0 Å². The Hall–Kier alpha value is -1.40. The van der Waals surface area contributed by atoms with Gasteiger partial charge in [-0.2, -0.15) is 0 Å². The molecule has 0 saturated carbocycles. The molecule has 0 unspecified atom stereocenters. The number of hydrogen-bond acceptors (Lipinski definition) is 5. The van der Waals surface area contributed by atoms with Gasteiger partial charge in [0.15, 0.2) is 5.58 Å². The van der Waals surface area contributed by atoms with Crippen molar-refractivity contribution < 1.29 is 31.4 Å². The monoisotopic (exact) mass is 387 g/mol. The summed E-state index contributed by atoms with van der Waals surface area (Å²) < 4.78 is 5.86. The summed E-state index contributed by atoms with van der Waals surface area (Å²) in [5.74, 6) is -1.07. The molecule has 7 heteroatoms. The molecule has 1 heterocycles. The molecule has 23 heavy (non-hydrogen) atoms. The van der Waals surface area contributed by atoms with E-state index in [1.807, 2.05) is 18.6 Å². The molecule has 0 bridgehead atoms. The maximum Gasteiger partial charge on any atom is 0.335 e. The standard InChI is InChI=1S/C16H12O4S2.Mn/c1-21-9-6-11-14(17)10-5-8(16(18)19)3-4-12(10)20-15(11)13(7-9)22-2;/h3-7H,1-2H3,(H,18,19);. The van der Waals surface area contributed by atoms with Gasteiger partial charge in [0.25, 0.3) is 0 Å². The van der Waals surface area contributed by atoms with E-state index < -0.39 is 5.97 Å². The van der Waals surface area contributed by atoms with Gasteiger partial charge >= 0.3 is 5.97 Å². The minimum absolute atomic E-state index is 0. The van der Waals surface area contributed by atoms with Crippen molar-refractivity contribution in [2.45, 2.75) is 9.79 Å². The molecule has 2 aromatic carbocycles. The molecule has 0 aliphatic heterocycles. The predicted octanol–water partition coefficient (Wildman–Crippen LogP) is 4.09. The topological polar surface area (TPSA) is 67.5 Å². The van der Waals surface area contributed by atoms with E-state index in [0.29, 0.717) is 16.6 Å². The van der Waals surface area contributed by atoms with Crippen LogP contribution >= 0.6 is 23.5 Å². The minimum atomic E-state index is -1.07. The molecule has 0 amide bonds. The quantitative estimate of drug-likeness (QED) is 0.415. The molecular formula is C16H12MnO4S2. The third-order valence-electron chi connectivity index (χ3n) is 3.41. The minimum Gasteiger partial charge on any atom is -0.478 e. The van der Waals surface area contributed by atoms with Crippen LogP contribution in [0.5, 0.6) is 0 Å². The molecule has 0 aliphatic rings. The smallest absolute Gasteiger partial charge is 0.335 e. The van der Waals surface area contributed by atoms with Crippen molar-refractivity contribution in [1.82, 2.24) is 0 Å². The Morgan fingerprint density at radius 2 is 1.83 bits per heavy atom. The molecule has 1 aromatic heterocycles. The molecule has 0 aliphatic carbocycles. The van der Waals surface area contributed by atoms with Gasteiger partial charge in [-0.3, -0.25) is 4.79 Å². The third-order valence-corrected chi connectivity index (χ3v) is 4.86. The molecule has 3 rings (SSSR count). The first-order chi connectivity index (χ1) is 10.5. The molecule has 0 fully saturated rings. The van der Waals surface area contributed by atoms with Gasteiger partial charge < -0.3 is 9.52 Å². The molecule has 119 valence electrons. The Balaban J connectivity index is 0.00000192. The van der Waals surface area contributed by atoms with E-state index in [-0.39, 0.29) is 33.4 Å². The van der Waals surface area contributed by atoms with Crippen LogP contribution in [-0.2, 0) is 17.1 Å². The van der Waals surface area contributed by atoms with E-state index in [1.165, 1.54) is 30.0 Å². The van der Waals surface area contributed by atoms with Gasteiger partial charge in [0.1, 0.15) is 5.58 Å². The second kappa shape index (κ2) is 7.01. The van der Waals surface area contributed by atoms with Gasteiger partial charge in [-0.1, -0.05) is 0 Å². The summed E-state index contributed by atoms with van der Waals surface area (Å²) in [5, 5.41) is 9.84. The number of fused-ring (bicyclic) bond motifs is 2. The van der Waals surface area contributed by atoms with Crippen molar-refractivity contribution in [2.75, 3.05) is 12.5 Å². The normalized spacial score (nSPS) is 10.7. The van der Waals surface area contributed by atoms with Crippen LogP contribution in [0.1, 0.15) is 10.4 Å². The number of carboxylic acid groups (broad SMARTS) is 1. The van der Waals surface area contributed by atoms with Crippen molar-refractivity contribution in [2.24, 2.45) is 0 Å². The van der Waals surface area contributed by atoms with Gasteiger partial charge in [-0.05, 0) is 42.8 Å². The fourth-order valence-corrected chi connectivity index (χ4v) is 3.43. The van der Waals surface area contributed by atoms with Crippen LogP contribution in [0, 0.1) is 0 Å². The first kappa shape index (κ1) is 17.9. The summed E-state index contributed by atoms with van der Waals surface area (Å²) in [7, 11) is 0. The third kappa shape index (κ3) is 3.15. The zero-order valence-corrected chi connectivity index (χ0v) is 15.1. The molecule has 3 aromatic rings. The molecule has 1 radical (unpaired) electrons. The first-order valence-electron chi connectivity index (χ1n) is 6.41. The largest absolute Gasteiger partial charge is 0.478 e. The summed E-state index contributed by atoms with van der Waals surface area (Å²) >= 11 is 3.06. The molecular weight excluding hydrogens is 375 g/mol. The van der Waals surface area contributed by atoms with E-state index in [0.717, 1.165) is 9.79 Å². The van der Waals surface area contributed by atoms with Crippen molar-refractivity contribution in [3.05, 3.63) is 46.1 Å². The molecule has 0 spiro atoms. The van der Waals surface area contributed by atoms with Crippen LogP contribution in [0.3, 0.4) is 0 Å². The number of aromatic carboxylic acids is 1. The summed E-state index contributed by atoms with van der Waals surface area (Å²) in [5.41, 5.74) is 0.816. The van der Waals surface area contributed by atoms with Crippen LogP contribution in [-0.4, -0.2) is 23.6 Å². The van der Waals surface area contributed by atoms with E-state index in [2.05, 4.69) is 0 Å². The Labute approximate surface area is 151 Å². The fraction of sp³-hybridized carbons (Fsp3) is 0.125. The van der Waals surface area contributed by atoms with Crippen LogP contribution in [0.2, 0.25) is 0 Å². The van der Waals surface area contributed by atoms with Crippen molar-refractivity contribution in [3.63, 3.8) is 0 Å². The van der Waals surface area contributed by atoms with E-state index in [1.54, 1.807) is 17.8 Å². The van der Waals surface area contributed by atoms with Gasteiger partial charge in [0, 0.05) is 22.0 Å². The summed E-state index contributed by atoms with van der Waals surface area (Å²) in [4.78, 5) is 25.7. The van der Waals surface area contributed by atoms with Crippen LogP contribution < -0.4 is 5.43 Å². The maximum atomic E-state index is 12.7. The van der Waals surface area contributed by atoms with Crippen LogP contribution in [0.15, 0.2) is 49.3 Å².